The number of benzene rings is 1. The monoisotopic (exact) mass is 314 g/mol. The largest absolute Gasteiger partial charge is 0.342 e. The molecule has 0 atom stereocenters. The van der Waals surface area contributed by atoms with Crippen molar-refractivity contribution < 1.29 is 4.79 Å². The predicted molar refractivity (Wildman–Crippen MR) is 87.9 cm³/mol. The smallest absolute Gasteiger partial charge is 0.255 e. The van der Waals surface area contributed by atoms with E-state index in [1.54, 1.807) is 18.3 Å². The molecule has 0 unspecified atom stereocenters. The minimum Gasteiger partial charge on any atom is -0.342 e. The zero-order valence-electron chi connectivity index (χ0n) is 12.4. The highest BCUT2D eigenvalue weighted by Gasteiger charge is 2.35. The van der Waals surface area contributed by atoms with Crippen LogP contribution < -0.4 is 5.32 Å². The minimum atomic E-state index is -0.296. The van der Waals surface area contributed by atoms with E-state index in [0.29, 0.717) is 5.56 Å². The SMILES string of the molecule is O=C(NC1(c2ccccc2)CCCCC1)c1cccnc1Cl. The molecule has 114 valence electrons. The molecule has 4 heteroatoms. The summed E-state index contributed by atoms with van der Waals surface area (Å²) < 4.78 is 0. The molecule has 1 aliphatic rings. The molecule has 1 aliphatic carbocycles. The molecule has 1 N–H and O–H groups in total. The molecule has 0 aliphatic heterocycles. The third-order valence-electron chi connectivity index (χ3n) is 4.39. The zero-order chi connectivity index (χ0) is 15.4. The molecular formula is C18H19ClN2O. The van der Waals surface area contributed by atoms with Gasteiger partial charge in [-0.1, -0.05) is 61.2 Å². The Morgan fingerprint density at radius 1 is 1.05 bits per heavy atom. The summed E-state index contributed by atoms with van der Waals surface area (Å²) in [6, 6.07) is 13.7. The Labute approximate surface area is 135 Å². The fourth-order valence-electron chi connectivity index (χ4n) is 3.24. The second kappa shape index (κ2) is 6.49. The number of pyridine rings is 1. The topological polar surface area (TPSA) is 42.0 Å². The first kappa shape index (κ1) is 15.0. The van der Waals surface area contributed by atoms with Crippen LogP contribution in [0, 0.1) is 0 Å². The average Bonchev–Trinajstić information content (AvgIpc) is 2.57. The summed E-state index contributed by atoms with van der Waals surface area (Å²) in [5.41, 5.74) is 1.31. The first-order chi connectivity index (χ1) is 10.7. The summed E-state index contributed by atoms with van der Waals surface area (Å²) in [7, 11) is 0. The molecule has 0 bridgehead atoms. The normalized spacial score (nSPS) is 17.0. The van der Waals surface area contributed by atoms with Crippen LogP contribution in [0.2, 0.25) is 5.15 Å². The molecular weight excluding hydrogens is 296 g/mol. The molecule has 1 aromatic heterocycles. The summed E-state index contributed by atoms with van der Waals surface area (Å²) in [5.74, 6) is -0.149. The first-order valence-electron chi connectivity index (χ1n) is 7.70. The van der Waals surface area contributed by atoms with Crippen LogP contribution in [0.5, 0.6) is 0 Å². The van der Waals surface area contributed by atoms with E-state index in [2.05, 4.69) is 22.4 Å². The van der Waals surface area contributed by atoms with Gasteiger partial charge in [0.25, 0.3) is 5.91 Å². The van der Waals surface area contributed by atoms with Crippen LogP contribution in [0.1, 0.15) is 48.0 Å². The lowest BCUT2D eigenvalue weighted by molar-refractivity contribution is 0.0866. The maximum absolute atomic E-state index is 12.7. The van der Waals surface area contributed by atoms with Gasteiger partial charge in [-0.2, -0.15) is 0 Å². The molecule has 22 heavy (non-hydrogen) atoms. The van der Waals surface area contributed by atoms with Gasteiger partial charge in [-0.05, 0) is 30.5 Å². The van der Waals surface area contributed by atoms with Gasteiger partial charge in [0.2, 0.25) is 0 Å². The Morgan fingerprint density at radius 2 is 1.77 bits per heavy atom. The van der Waals surface area contributed by atoms with Crippen LogP contribution in [0.15, 0.2) is 48.7 Å². The molecule has 1 aromatic carbocycles. The Bertz CT molecular complexity index is 651. The number of amides is 1. The lowest BCUT2D eigenvalue weighted by Crippen LogP contribution is -2.47. The van der Waals surface area contributed by atoms with Gasteiger partial charge in [0.05, 0.1) is 11.1 Å². The van der Waals surface area contributed by atoms with E-state index < -0.39 is 0 Å². The van der Waals surface area contributed by atoms with E-state index in [0.717, 1.165) is 25.7 Å². The number of carbonyl (C=O) groups excluding carboxylic acids is 1. The van der Waals surface area contributed by atoms with Crippen molar-refractivity contribution in [3.8, 4) is 0 Å². The fraction of sp³-hybridized carbons (Fsp3) is 0.333. The molecule has 1 fully saturated rings. The fourth-order valence-corrected chi connectivity index (χ4v) is 3.44. The molecule has 1 saturated carbocycles. The van der Waals surface area contributed by atoms with Crippen molar-refractivity contribution >= 4 is 17.5 Å². The maximum atomic E-state index is 12.7. The van der Waals surface area contributed by atoms with E-state index in [1.807, 2.05) is 18.2 Å². The number of hydrogen-bond acceptors (Lipinski definition) is 2. The minimum absolute atomic E-state index is 0.149. The zero-order valence-corrected chi connectivity index (χ0v) is 13.1. The van der Waals surface area contributed by atoms with Crippen molar-refractivity contribution in [3.05, 3.63) is 64.9 Å². The van der Waals surface area contributed by atoms with E-state index in [-0.39, 0.29) is 16.6 Å². The summed E-state index contributed by atoms with van der Waals surface area (Å²) in [6.45, 7) is 0. The van der Waals surface area contributed by atoms with Gasteiger partial charge in [-0.25, -0.2) is 4.98 Å². The number of aromatic nitrogens is 1. The molecule has 3 rings (SSSR count). The van der Waals surface area contributed by atoms with Crippen molar-refractivity contribution in [1.82, 2.24) is 10.3 Å². The van der Waals surface area contributed by atoms with Crippen molar-refractivity contribution in [2.24, 2.45) is 0 Å². The van der Waals surface area contributed by atoms with Crippen molar-refractivity contribution in [2.75, 3.05) is 0 Å². The highest BCUT2D eigenvalue weighted by atomic mass is 35.5. The van der Waals surface area contributed by atoms with Gasteiger partial charge in [0.15, 0.2) is 0 Å². The Hall–Kier alpha value is -1.87. The summed E-state index contributed by atoms with van der Waals surface area (Å²) in [6.07, 6.45) is 6.97. The second-order valence-corrected chi connectivity index (χ2v) is 6.16. The molecule has 0 spiro atoms. The van der Waals surface area contributed by atoms with Gasteiger partial charge in [-0.15, -0.1) is 0 Å². The standard InChI is InChI=1S/C18H19ClN2O/c19-16-15(10-7-13-20-16)17(22)21-18(11-5-2-6-12-18)14-8-3-1-4-9-14/h1,3-4,7-10,13H,2,5-6,11-12H2,(H,21,22). The molecule has 0 saturated heterocycles. The third kappa shape index (κ3) is 3.00. The predicted octanol–water partition coefficient (Wildman–Crippen LogP) is 4.32. The summed E-state index contributed by atoms with van der Waals surface area (Å²) in [5, 5.41) is 3.49. The van der Waals surface area contributed by atoms with Gasteiger partial charge in [0.1, 0.15) is 5.15 Å². The number of hydrogen-bond donors (Lipinski definition) is 1. The van der Waals surface area contributed by atoms with E-state index in [4.69, 9.17) is 11.6 Å². The highest BCUT2D eigenvalue weighted by Crippen LogP contribution is 2.37. The highest BCUT2D eigenvalue weighted by molar-refractivity contribution is 6.32. The second-order valence-electron chi connectivity index (χ2n) is 5.80. The van der Waals surface area contributed by atoms with Crippen molar-refractivity contribution in [2.45, 2.75) is 37.6 Å². The van der Waals surface area contributed by atoms with Crippen LogP contribution in [-0.2, 0) is 5.54 Å². The van der Waals surface area contributed by atoms with Crippen molar-refractivity contribution in [3.63, 3.8) is 0 Å². The van der Waals surface area contributed by atoms with Crippen LogP contribution >= 0.6 is 11.6 Å². The molecule has 1 amide bonds. The van der Waals surface area contributed by atoms with Crippen LogP contribution in [0.3, 0.4) is 0 Å². The lowest BCUT2D eigenvalue weighted by atomic mass is 9.76. The molecule has 2 aromatic rings. The van der Waals surface area contributed by atoms with Gasteiger partial charge >= 0.3 is 0 Å². The number of nitrogens with one attached hydrogen (secondary N) is 1. The Balaban J connectivity index is 1.91. The van der Waals surface area contributed by atoms with Crippen LogP contribution in [0.25, 0.3) is 0 Å². The lowest BCUT2D eigenvalue weighted by Gasteiger charge is -2.38. The quantitative estimate of drug-likeness (QED) is 0.857. The third-order valence-corrected chi connectivity index (χ3v) is 4.69. The number of carbonyl (C=O) groups is 1. The van der Waals surface area contributed by atoms with Gasteiger partial charge in [-0.3, -0.25) is 4.79 Å². The molecule has 0 radical (unpaired) electrons. The van der Waals surface area contributed by atoms with Crippen LogP contribution in [-0.4, -0.2) is 10.9 Å². The van der Waals surface area contributed by atoms with E-state index >= 15 is 0 Å². The Kier molecular flexibility index (Phi) is 4.44. The average molecular weight is 315 g/mol. The van der Waals surface area contributed by atoms with Crippen molar-refractivity contribution in [1.29, 1.82) is 0 Å². The summed E-state index contributed by atoms with van der Waals surface area (Å²) in [4.78, 5) is 16.7. The summed E-state index contributed by atoms with van der Waals surface area (Å²) >= 11 is 6.06. The molecule has 1 heterocycles. The van der Waals surface area contributed by atoms with Gasteiger partial charge < -0.3 is 5.32 Å². The molecule has 3 nitrogen and oxygen atoms in total. The first-order valence-corrected chi connectivity index (χ1v) is 8.08. The van der Waals surface area contributed by atoms with Crippen LogP contribution in [0.4, 0.5) is 0 Å². The number of halogens is 1. The maximum Gasteiger partial charge on any atom is 0.255 e. The van der Waals surface area contributed by atoms with E-state index in [1.165, 1.54) is 12.0 Å². The Morgan fingerprint density at radius 3 is 2.45 bits per heavy atom. The van der Waals surface area contributed by atoms with Gasteiger partial charge in [0, 0.05) is 6.20 Å². The van der Waals surface area contributed by atoms with E-state index in [9.17, 15) is 4.79 Å². The number of rotatable bonds is 3. The number of nitrogens with zero attached hydrogens (tertiary/aromatic N) is 1.